The van der Waals surface area contributed by atoms with E-state index in [1.54, 1.807) is 0 Å². The third-order valence-electron chi connectivity index (χ3n) is 8.63. The van der Waals surface area contributed by atoms with Crippen LogP contribution in [0.2, 0.25) is 16.8 Å². The summed E-state index contributed by atoms with van der Waals surface area (Å²) in [5.41, 5.74) is 12.3. The third-order valence-corrected chi connectivity index (χ3v) is 8.63. The van der Waals surface area contributed by atoms with Crippen molar-refractivity contribution in [2.24, 2.45) is 5.41 Å². The number of nitrogens with two attached hydrogens (primary N) is 1. The fourth-order valence-electron chi connectivity index (χ4n) is 6.51. The maximum Gasteiger partial charge on any atom is 0.133 e. The molecule has 2 unspecified atom stereocenters. The van der Waals surface area contributed by atoms with E-state index in [4.69, 9.17) is 15.5 Å². The first-order valence-corrected chi connectivity index (χ1v) is 11.7. The molecule has 2 heterocycles. The molecule has 8 heteroatoms. The first kappa shape index (κ1) is 23.6. The summed E-state index contributed by atoms with van der Waals surface area (Å²) < 4.78 is 6.32. The maximum absolute atomic E-state index is 6.58. The van der Waals surface area contributed by atoms with Crippen molar-refractivity contribution in [3.8, 4) is 0 Å². The molecule has 1 fully saturated rings. The van der Waals surface area contributed by atoms with E-state index in [1.807, 2.05) is 0 Å². The summed E-state index contributed by atoms with van der Waals surface area (Å²) in [6, 6.07) is 4.22. The minimum atomic E-state index is -0.151. The topological polar surface area (TPSA) is 48.1 Å². The predicted molar refractivity (Wildman–Crippen MR) is 143 cm³/mol. The highest BCUT2D eigenvalue weighted by atomic mass is 16.5. The van der Waals surface area contributed by atoms with Crippen LogP contribution in [0.3, 0.4) is 0 Å². The first-order valence-electron chi connectivity index (χ1n) is 11.7. The van der Waals surface area contributed by atoms with Gasteiger partial charge in [-0.25, -0.2) is 0 Å². The van der Waals surface area contributed by atoms with Crippen LogP contribution in [0.25, 0.3) is 5.57 Å². The van der Waals surface area contributed by atoms with Gasteiger partial charge in [-0.2, -0.15) is 0 Å². The van der Waals surface area contributed by atoms with Gasteiger partial charge in [0.15, 0.2) is 0 Å². The molecule has 158 valence electrons. The molecule has 3 rings (SSSR count). The second kappa shape index (κ2) is 7.25. The van der Waals surface area contributed by atoms with Crippen LogP contribution in [-0.4, -0.2) is 55.4 Å². The molecule has 0 bridgehead atoms. The highest BCUT2D eigenvalue weighted by molar-refractivity contribution is 6.53. The van der Waals surface area contributed by atoms with E-state index >= 15 is 0 Å². The number of nitrogen functional groups attached to an aromatic ring is 1. The minimum absolute atomic E-state index is 0.00799. The van der Waals surface area contributed by atoms with Crippen molar-refractivity contribution in [1.29, 1.82) is 0 Å². The molecule has 0 spiro atoms. The number of allylic oxidation sites excluding steroid dienone is 2. The van der Waals surface area contributed by atoms with Gasteiger partial charge in [0.1, 0.15) is 39.2 Å². The van der Waals surface area contributed by atoms with E-state index in [2.05, 4.69) is 92.9 Å². The Labute approximate surface area is 188 Å². The Morgan fingerprint density at radius 2 is 1.53 bits per heavy atom. The molecular formula is C22H39B5N2O. The average Bonchev–Trinajstić information content (AvgIpc) is 2.58. The van der Waals surface area contributed by atoms with E-state index < -0.39 is 0 Å². The molecular weight excluding hydrogens is 362 g/mol. The molecule has 3 nitrogen and oxygen atoms in total. The monoisotopic (exact) mass is 402 g/mol. The van der Waals surface area contributed by atoms with Gasteiger partial charge in [-0.3, -0.25) is 4.98 Å². The molecule has 1 saturated heterocycles. The summed E-state index contributed by atoms with van der Waals surface area (Å²) >= 11 is 0. The molecule has 2 atom stereocenters. The van der Waals surface area contributed by atoms with Crippen LogP contribution in [0.4, 0.5) is 5.69 Å². The van der Waals surface area contributed by atoms with Crippen molar-refractivity contribution in [3.63, 3.8) is 0 Å². The largest absolute Gasteiger partial charge is 0.397 e. The highest BCUT2D eigenvalue weighted by Gasteiger charge is 2.48. The molecule has 30 heavy (non-hydrogen) atoms. The molecule has 0 aromatic carbocycles. The number of aromatic nitrogens is 1. The van der Waals surface area contributed by atoms with E-state index in [1.165, 1.54) is 11.0 Å². The Hall–Kier alpha value is -1.03. The number of rotatable bonds is 2. The van der Waals surface area contributed by atoms with Gasteiger partial charge < -0.3 is 10.5 Å². The van der Waals surface area contributed by atoms with Gasteiger partial charge in [-0.1, -0.05) is 30.7 Å². The number of hydrogen-bond acceptors (Lipinski definition) is 3. The Bertz CT molecular complexity index is 862. The van der Waals surface area contributed by atoms with Crippen molar-refractivity contribution in [2.45, 2.75) is 88.4 Å². The van der Waals surface area contributed by atoms with E-state index in [0.717, 1.165) is 29.9 Å². The van der Waals surface area contributed by atoms with Gasteiger partial charge >= 0.3 is 0 Å². The van der Waals surface area contributed by atoms with Gasteiger partial charge in [0.05, 0.1) is 22.6 Å². The lowest BCUT2D eigenvalue weighted by Gasteiger charge is -2.54. The zero-order valence-electron chi connectivity index (χ0n) is 21.2. The summed E-state index contributed by atoms with van der Waals surface area (Å²) in [4.78, 5) is 5.28. The lowest BCUT2D eigenvalue weighted by atomic mass is 9.29. The number of hydrogen-bond donors (Lipinski definition) is 1. The van der Waals surface area contributed by atoms with Crippen LogP contribution in [0.1, 0.15) is 71.7 Å². The Balaban J connectivity index is 2.13. The zero-order valence-corrected chi connectivity index (χ0v) is 21.2. The second-order valence-electron chi connectivity index (χ2n) is 12.4. The summed E-state index contributed by atoms with van der Waals surface area (Å²) in [5.74, 6) is 1.38. The standard InChI is InChI=1S/C22H39B5N2O/c1-19(2)9-11(10-20(3,4)30-19)13-8-7-12(28)16(29-13)14-15(23)17(24)21(5,6)18(25)22(14,26)27/h7-8,11,17-18H,9-10,23-28H2,1-6H3. The minimum Gasteiger partial charge on any atom is -0.397 e. The smallest absolute Gasteiger partial charge is 0.133 e. The molecule has 0 amide bonds. The van der Waals surface area contributed by atoms with Crippen molar-refractivity contribution in [3.05, 3.63) is 29.0 Å². The highest BCUT2D eigenvalue weighted by Crippen LogP contribution is 2.63. The number of ether oxygens (including phenoxy) is 1. The molecule has 1 aliphatic heterocycles. The number of pyridine rings is 1. The third kappa shape index (κ3) is 3.94. The van der Waals surface area contributed by atoms with E-state index in [9.17, 15) is 0 Å². The van der Waals surface area contributed by atoms with Gasteiger partial charge in [0.2, 0.25) is 0 Å². The predicted octanol–water partition coefficient (Wildman–Crippen LogP) is 0.725. The van der Waals surface area contributed by atoms with Crippen LogP contribution in [0.15, 0.2) is 17.6 Å². The fourth-order valence-corrected chi connectivity index (χ4v) is 6.51. The van der Waals surface area contributed by atoms with Crippen LogP contribution in [0.5, 0.6) is 0 Å². The fraction of sp³-hybridized carbons (Fsp3) is 0.682. The summed E-state index contributed by atoms with van der Waals surface area (Å²) in [7, 11) is 11.8. The maximum atomic E-state index is 6.58. The Kier molecular flexibility index (Phi) is 5.71. The number of anilines is 1. The quantitative estimate of drug-likeness (QED) is 0.743. The number of nitrogens with zero attached hydrogens (tertiary/aromatic N) is 1. The second-order valence-corrected chi connectivity index (χ2v) is 12.4. The van der Waals surface area contributed by atoms with Crippen LogP contribution in [-0.2, 0) is 4.74 Å². The Morgan fingerprint density at radius 3 is 2.07 bits per heavy atom. The lowest BCUT2D eigenvalue weighted by molar-refractivity contribution is -0.162. The van der Waals surface area contributed by atoms with Crippen molar-refractivity contribution in [1.82, 2.24) is 4.98 Å². The van der Waals surface area contributed by atoms with Crippen LogP contribution < -0.4 is 5.73 Å². The molecule has 2 N–H and O–H groups in total. The first-order chi connectivity index (χ1) is 13.5. The van der Waals surface area contributed by atoms with Gasteiger partial charge in [-0.15, -0.1) is 5.47 Å². The zero-order chi connectivity index (χ0) is 22.9. The van der Waals surface area contributed by atoms with Crippen molar-refractivity contribution >= 4 is 50.5 Å². The van der Waals surface area contributed by atoms with Crippen molar-refractivity contribution < 1.29 is 4.74 Å². The molecule has 1 aliphatic carbocycles. The molecule has 0 radical (unpaired) electrons. The normalized spacial score (nSPS) is 30.2. The molecule has 1 aromatic heterocycles. The van der Waals surface area contributed by atoms with E-state index in [0.29, 0.717) is 17.6 Å². The van der Waals surface area contributed by atoms with Crippen LogP contribution in [0, 0.1) is 5.41 Å². The van der Waals surface area contributed by atoms with E-state index in [-0.39, 0.29) is 21.8 Å². The molecule has 2 aliphatic rings. The summed E-state index contributed by atoms with van der Waals surface area (Å²) in [6.07, 6.45) is 1.96. The van der Waals surface area contributed by atoms with Gasteiger partial charge in [-0.05, 0) is 63.7 Å². The molecule has 0 saturated carbocycles. The summed E-state index contributed by atoms with van der Waals surface area (Å²) in [5, 5.41) is 0.00799. The summed E-state index contributed by atoms with van der Waals surface area (Å²) in [6.45, 7) is 13.6. The average molecular weight is 402 g/mol. The van der Waals surface area contributed by atoms with Crippen LogP contribution >= 0.6 is 0 Å². The lowest BCUT2D eigenvalue weighted by Crippen LogP contribution is -2.44. The van der Waals surface area contributed by atoms with Gasteiger partial charge in [0.25, 0.3) is 0 Å². The molecule has 1 aromatic rings. The SMILES string of the molecule is BC1=C(c2nc(C3CC(C)(C)OC(C)(C)C3)ccc2N)C(B)(B)C(B)C(C)(C)C1B. The van der Waals surface area contributed by atoms with Gasteiger partial charge in [0, 0.05) is 11.6 Å². The Morgan fingerprint density at radius 1 is 1.00 bits per heavy atom. The van der Waals surface area contributed by atoms with Crippen molar-refractivity contribution in [2.75, 3.05) is 5.73 Å².